The van der Waals surface area contributed by atoms with Crippen molar-refractivity contribution in [1.82, 2.24) is 9.55 Å². The zero-order valence-corrected chi connectivity index (χ0v) is 21.6. The number of nitrogens with one attached hydrogen (secondary N) is 2. The molecule has 9 heteroatoms. The van der Waals surface area contributed by atoms with E-state index in [1.165, 1.54) is 29.1 Å². The molecule has 0 fully saturated rings. The molecule has 1 aromatic carbocycles. The Bertz CT molecular complexity index is 1280. The number of benzene rings is 1. The Morgan fingerprint density at radius 2 is 1.88 bits per heavy atom. The number of aryl methyl sites for hydroxylation is 1. The largest absolute Gasteiger partial charge is 0.326 e. The van der Waals surface area contributed by atoms with E-state index in [4.69, 9.17) is 4.98 Å². The van der Waals surface area contributed by atoms with Crippen LogP contribution >= 0.6 is 23.1 Å². The van der Waals surface area contributed by atoms with Gasteiger partial charge in [-0.2, -0.15) is 0 Å². The van der Waals surface area contributed by atoms with Gasteiger partial charge >= 0.3 is 0 Å². The van der Waals surface area contributed by atoms with Crippen LogP contribution in [0.25, 0.3) is 10.2 Å². The van der Waals surface area contributed by atoms with Crippen molar-refractivity contribution < 1.29 is 9.59 Å². The Morgan fingerprint density at radius 3 is 2.53 bits per heavy atom. The van der Waals surface area contributed by atoms with Crippen molar-refractivity contribution in [1.29, 1.82) is 0 Å². The third-order valence-corrected chi connectivity index (χ3v) is 7.87. The molecule has 180 valence electrons. The van der Waals surface area contributed by atoms with Gasteiger partial charge in [0.05, 0.1) is 11.1 Å². The summed E-state index contributed by atoms with van der Waals surface area (Å²) in [7, 11) is 0. The topological polar surface area (TPSA) is 93.1 Å². The monoisotopic (exact) mass is 498 g/mol. The minimum atomic E-state index is -0.179. The Morgan fingerprint density at radius 1 is 1.21 bits per heavy atom. The summed E-state index contributed by atoms with van der Waals surface area (Å²) in [4.78, 5) is 44.2. The zero-order valence-electron chi connectivity index (χ0n) is 19.9. The number of rotatable bonds is 7. The molecule has 1 unspecified atom stereocenters. The second-order valence-corrected chi connectivity index (χ2v) is 11.4. The molecule has 0 saturated carbocycles. The van der Waals surface area contributed by atoms with Crippen LogP contribution < -0.4 is 16.2 Å². The molecule has 0 radical (unpaired) electrons. The van der Waals surface area contributed by atoms with Crippen LogP contribution in [0.4, 0.5) is 11.4 Å². The lowest BCUT2D eigenvalue weighted by molar-refractivity contribution is -0.114. The highest BCUT2D eigenvalue weighted by Crippen LogP contribution is 2.36. The van der Waals surface area contributed by atoms with Crippen molar-refractivity contribution in [3.63, 3.8) is 0 Å². The minimum absolute atomic E-state index is 0.0159. The molecule has 1 aliphatic rings. The number of hydrogen-bond donors (Lipinski definition) is 2. The number of amides is 2. The molecule has 2 heterocycles. The molecule has 1 atom stereocenters. The molecule has 0 spiro atoms. The molecule has 2 aromatic heterocycles. The van der Waals surface area contributed by atoms with Crippen molar-refractivity contribution in [3.05, 3.63) is 45.1 Å². The van der Waals surface area contributed by atoms with E-state index < -0.39 is 0 Å². The van der Waals surface area contributed by atoms with Gasteiger partial charge in [0.25, 0.3) is 5.56 Å². The molecule has 2 N–H and O–H groups in total. The second kappa shape index (κ2) is 10.3. The maximum atomic E-state index is 13.5. The highest BCUT2D eigenvalue weighted by Gasteiger charge is 2.25. The molecule has 4 rings (SSSR count). The van der Waals surface area contributed by atoms with Crippen molar-refractivity contribution in [2.75, 3.05) is 16.4 Å². The third kappa shape index (κ3) is 5.52. The Balaban J connectivity index is 1.54. The fourth-order valence-corrected chi connectivity index (χ4v) is 6.44. The molecule has 2 amide bonds. The highest BCUT2D eigenvalue weighted by atomic mass is 32.2. The van der Waals surface area contributed by atoms with Gasteiger partial charge in [-0.1, -0.05) is 32.5 Å². The van der Waals surface area contributed by atoms with Crippen LogP contribution in [0, 0.1) is 11.8 Å². The van der Waals surface area contributed by atoms with E-state index in [2.05, 4.69) is 31.4 Å². The van der Waals surface area contributed by atoms with Gasteiger partial charge in [-0.05, 0) is 60.9 Å². The molecule has 1 aliphatic carbocycles. The van der Waals surface area contributed by atoms with E-state index in [0.29, 0.717) is 29.0 Å². The van der Waals surface area contributed by atoms with Gasteiger partial charge in [0.2, 0.25) is 11.8 Å². The Hall–Kier alpha value is -2.65. The number of anilines is 2. The fraction of sp³-hybridized carbons (Fsp3) is 0.440. The summed E-state index contributed by atoms with van der Waals surface area (Å²) < 4.78 is 1.75. The SMILES string of the molecule is CC(=O)Nc1ccc(NC(=O)CSc2nc3sc4c(c3c(=O)n2CC(C)C)CCC(C)C4)cc1. The summed E-state index contributed by atoms with van der Waals surface area (Å²) in [6.07, 6.45) is 3.04. The Kier molecular flexibility index (Phi) is 7.42. The lowest BCUT2D eigenvalue weighted by Gasteiger charge is -2.18. The third-order valence-electron chi connectivity index (χ3n) is 5.75. The van der Waals surface area contributed by atoms with Crippen LogP contribution in [0.15, 0.2) is 34.2 Å². The van der Waals surface area contributed by atoms with Crippen molar-refractivity contribution in [2.45, 2.75) is 58.7 Å². The maximum Gasteiger partial charge on any atom is 0.263 e. The van der Waals surface area contributed by atoms with Gasteiger partial charge in [0.15, 0.2) is 5.16 Å². The minimum Gasteiger partial charge on any atom is -0.326 e. The van der Waals surface area contributed by atoms with Crippen LogP contribution in [-0.4, -0.2) is 27.1 Å². The van der Waals surface area contributed by atoms with E-state index >= 15 is 0 Å². The van der Waals surface area contributed by atoms with Crippen LogP contribution in [0.2, 0.25) is 0 Å². The summed E-state index contributed by atoms with van der Waals surface area (Å²) in [6, 6.07) is 6.95. The van der Waals surface area contributed by atoms with Gasteiger partial charge in [0, 0.05) is 29.7 Å². The van der Waals surface area contributed by atoms with E-state index in [0.717, 1.165) is 29.5 Å². The molecular weight excluding hydrogens is 468 g/mol. The van der Waals surface area contributed by atoms with E-state index in [-0.39, 0.29) is 29.0 Å². The summed E-state index contributed by atoms with van der Waals surface area (Å²) in [5.41, 5.74) is 2.51. The van der Waals surface area contributed by atoms with E-state index in [1.54, 1.807) is 40.2 Å². The van der Waals surface area contributed by atoms with Crippen molar-refractivity contribution in [3.8, 4) is 0 Å². The molecule has 3 aromatic rings. The average molecular weight is 499 g/mol. The number of thiophene rings is 1. The lowest BCUT2D eigenvalue weighted by atomic mass is 9.89. The van der Waals surface area contributed by atoms with Gasteiger partial charge in [-0.25, -0.2) is 4.98 Å². The highest BCUT2D eigenvalue weighted by molar-refractivity contribution is 7.99. The molecular formula is C25H30N4O3S2. The number of thioether (sulfide) groups is 1. The van der Waals surface area contributed by atoms with Crippen LogP contribution in [-0.2, 0) is 29.0 Å². The van der Waals surface area contributed by atoms with E-state index in [1.807, 2.05) is 0 Å². The van der Waals surface area contributed by atoms with Gasteiger partial charge in [0.1, 0.15) is 4.83 Å². The molecule has 34 heavy (non-hydrogen) atoms. The summed E-state index contributed by atoms with van der Waals surface area (Å²) >= 11 is 2.93. The van der Waals surface area contributed by atoms with Gasteiger partial charge in [-0.3, -0.25) is 19.0 Å². The first-order valence-electron chi connectivity index (χ1n) is 11.6. The quantitative estimate of drug-likeness (QED) is 0.356. The number of carbonyl (C=O) groups is 2. The van der Waals surface area contributed by atoms with Gasteiger partial charge < -0.3 is 10.6 Å². The normalized spacial score (nSPS) is 15.4. The lowest BCUT2D eigenvalue weighted by Crippen LogP contribution is -2.26. The first-order valence-corrected chi connectivity index (χ1v) is 13.4. The summed E-state index contributed by atoms with van der Waals surface area (Å²) in [5.74, 6) is 0.726. The van der Waals surface area contributed by atoms with Crippen LogP contribution in [0.3, 0.4) is 0 Å². The van der Waals surface area contributed by atoms with Crippen LogP contribution in [0.5, 0.6) is 0 Å². The van der Waals surface area contributed by atoms with E-state index in [9.17, 15) is 14.4 Å². The molecule has 7 nitrogen and oxygen atoms in total. The molecule has 0 aliphatic heterocycles. The number of hydrogen-bond acceptors (Lipinski definition) is 6. The first-order chi connectivity index (χ1) is 16.2. The standard InChI is InChI=1S/C25H30N4O3S2/c1-14(2)12-29-24(32)22-19-10-5-15(3)11-20(19)34-23(22)28-25(29)33-13-21(31)27-18-8-6-17(7-9-18)26-16(4)30/h6-9,14-15H,5,10-13H2,1-4H3,(H,26,30)(H,27,31). The summed E-state index contributed by atoms with van der Waals surface area (Å²) in [5, 5.41) is 6.93. The number of aromatic nitrogens is 2. The van der Waals surface area contributed by atoms with Gasteiger partial charge in [-0.15, -0.1) is 11.3 Å². The number of fused-ring (bicyclic) bond motifs is 3. The fourth-order valence-electron chi connectivity index (χ4n) is 4.21. The zero-order chi connectivity index (χ0) is 24.4. The maximum absolute atomic E-state index is 13.5. The molecule has 0 bridgehead atoms. The number of nitrogens with zero attached hydrogens (tertiary/aromatic N) is 2. The molecule has 0 saturated heterocycles. The van der Waals surface area contributed by atoms with Crippen molar-refractivity contribution in [2.24, 2.45) is 11.8 Å². The average Bonchev–Trinajstić information content (AvgIpc) is 3.12. The first kappa shape index (κ1) is 24.5. The van der Waals surface area contributed by atoms with Crippen molar-refractivity contribution >= 4 is 56.5 Å². The number of carbonyl (C=O) groups excluding carboxylic acids is 2. The summed E-state index contributed by atoms with van der Waals surface area (Å²) in [6.45, 7) is 8.42. The van der Waals surface area contributed by atoms with Crippen LogP contribution in [0.1, 0.15) is 44.6 Å². The smallest absolute Gasteiger partial charge is 0.263 e. The Labute approximate surface area is 207 Å². The second-order valence-electron chi connectivity index (χ2n) is 9.33. The predicted molar refractivity (Wildman–Crippen MR) is 140 cm³/mol. The predicted octanol–water partition coefficient (Wildman–Crippen LogP) is 4.93.